The molecule has 4 heteroatoms. The molecule has 0 atom stereocenters. The molecule has 0 saturated heterocycles. The highest BCUT2D eigenvalue weighted by molar-refractivity contribution is 5.93. The Bertz CT molecular complexity index is 320. The zero-order valence-electron chi connectivity index (χ0n) is 8.50. The fourth-order valence-electron chi connectivity index (χ4n) is 1.48. The van der Waals surface area contributed by atoms with Crippen LogP contribution in [0.1, 0.15) is 20.3 Å². The molecule has 0 amide bonds. The number of likely N-dealkylation sites (N-methyl/N-ethyl adjacent to an activating group) is 1. The van der Waals surface area contributed by atoms with Gasteiger partial charge in [0.05, 0.1) is 5.70 Å². The van der Waals surface area contributed by atoms with Crippen LogP contribution in [0.5, 0.6) is 0 Å². The van der Waals surface area contributed by atoms with Crippen LogP contribution in [-0.2, 0) is 0 Å². The van der Waals surface area contributed by atoms with Crippen molar-refractivity contribution in [3.63, 3.8) is 0 Å². The third-order valence-corrected chi connectivity index (χ3v) is 2.28. The molecular formula is C10H14FN3. The Labute approximate surface area is 83.1 Å². The summed E-state index contributed by atoms with van der Waals surface area (Å²) < 4.78 is 13.5. The van der Waals surface area contributed by atoms with Gasteiger partial charge in [0.1, 0.15) is 12.2 Å². The summed E-state index contributed by atoms with van der Waals surface area (Å²) in [5.41, 5.74) is 9.44. The summed E-state index contributed by atoms with van der Waals surface area (Å²) in [7, 11) is 0. The van der Waals surface area contributed by atoms with Crippen LogP contribution in [0, 0.1) is 0 Å². The van der Waals surface area contributed by atoms with Gasteiger partial charge in [0, 0.05) is 19.2 Å². The standard InChI is InChI=1S/C10H14FN3/c1-3-14(4-2)10-6-5-8(13-12)7-9(10)11/h5-6H,3-4,7H2,1-2H3. The van der Waals surface area contributed by atoms with Gasteiger partial charge >= 0.3 is 0 Å². The van der Waals surface area contributed by atoms with Gasteiger partial charge in [-0.25, -0.2) is 4.39 Å². The molecule has 1 rings (SSSR count). The van der Waals surface area contributed by atoms with Crippen molar-refractivity contribution >= 4 is 5.71 Å². The number of halogens is 1. The first-order chi connectivity index (χ1) is 6.72. The quantitative estimate of drug-likeness (QED) is 0.502. The lowest BCUT2D eigenvalue weighted by Gasteiger charge is -2.23. The third kappa shape index (κ3) is 2.09. The van der Waals surface area contributed by atoms with Crippen LogP contribution >= 0.6 is 0 Å². The molecule has 0 aromatic carbocycles. The number of hydrogen-bond acceptors (Lipinski definition) is 1. The van der Waals surface area contributed by atoms with Gasteiger partial charge in [-0.05, 0) is 19.9 Å². The fourth-order valence-corrected chi connectivity index (χ4v) is 1.48. The van der Waals surface area contributed by atoms with E-state index in [1.807, 2.05) is 18.7 Å². The molecule has 0 heterocycles. The lowest BCUT2D eigenvalue weighted by molar-refractivity contribution is -0.00612. The number of rotatable bonds is 3. The maximum Gasteiger partial charge on any atom is 0.298 e. The summed E-state index contributed by atoms with van der Waals surface area (Å²) >= 11 is 0. The Morgan fingerprint density at radius 1 is 1.43 bits per heavy atom. The molecule has 1 aliphatic carbocycles. The number of allylic oxidation sites excluding steroid dienone is 3. The smallest absolute Gasteiger partial charge is 0.298 e. The third-order valence-electron chi connectivity index (χ3n) is 2.28. The second kappa shape index (κ2) is 4.72. The lowest BCUT2D eigenvalue weighted by atomic mass is 10.1. The van der Waals surface area contributed by atoms with E-state index >= 15 is 0 Å². The van der Waals surface area contributed by atoms with Crippen molar-refractivity contribution in [3.05, 3.63) is 29.2 Å². The van der Waals surface area contributed by atoms with E-state index in [9.17, 15) is 4.39 Å². The van der Waals surface area contributed by atoms with Gasteiger partial charge in [-0.15, -0.1) is 0 Å². The van der Waals surface area contributed by atoms with Crippen LogP contribution < -0.4 is 0 Å². The van der Waals surface area contributed by atoms with Gasteiger partial charge < -0.3 is 10.4 Å². The topological polar surface area (TPSA) is 39.6 Å². The van der Waals surface area contributed by atoms with Crippen molar-refractivity contribution in [3.8, 4) is 0 Å². The molecule has 0 N–H and O–H groups in total. The summed E-state index contributed by atoms with van der Waals surface area (Å²) in [6, 6.07) is 0. The number of hydrogen-bond donors (Lipinski definition) is 0. The van der Waals surface area contributed by atoms with Crippen molar-refractivity contribution in [2.24, 2.45) is 0 Å². The minimum atomic E-state index is -0.232. The summed E-state index contributed by atoms with van der Waals surface area (Å²) in [6.45, 7) is 5.50. The van der Waals surface area contributed by atoms with E-state index in [1.54, 1.807) is 12.2 Å². The maximum absolute atomic E-state index is 13.5. The van der Waals surface area contributed by atoms with Gasteiger partial charge in [-0.1, -0.05) is 0 Å². The normalized spacial score (nSPS) is 15.8. The zero-order valence-corrected chi connectivity index (χ0v) is 8.50. The van der Waals surface area contributed by atoms with Gasteiger partial charge in [-0.2, -0.15) is 4.79 Å². The van der Waals surface area contributed by atoms with Crippen LogP contribution in [0.2, 0.25) is 0 Å². The molecule has 3 nitrogen and oxygen atoms in total. The minimum Gasteiger partial charge on any atom is -0.370 e. The van der Waals surface area contributed by atoms with E-state index in [0.717, 1.165) is 13.1 Å². The van der Waals surface area contributed by atoms with E-state index < -0.39 is 0 Å². The Morgan fingerprint density at radius 3 is 2.50 bits per heavy atom. The van der Waals surface area contributed by atoms with Gasteiger partial charge in [0.25, 0.3) is 5.71 Å². The Hall–Kier alpha value is -1.41. The Morgan fingerprint density at radius 2 is 2.07 bits per heavy atom. The summed E-state index contributed by atoms with van der Waals surface area (Å²) in [4.78, 5) is 4.91. The number of nitrogens with zero attached hydrogens (tertiary/aromatic N) is 3. The molecule has 0 aromatic rings. The van der Waals surface area contributed by atoms with Crippen molar-refractivity contribution in [2.75, 3.05) is 13.1 Å². The van der Waals surface area contributed by atoms with Gasteiger partial charge in [0.15, 0.2) is 0 Å². The maximum atomic E-state index is 13.5. The average molecular weight is 195 g/mol. The predicted octanol–water partition coefficient (Wildman–Crippen LogP) is 2.14. The summed E-state index contributed by atoms with van der Waals surface area (Å²) in [5.74, 6) is -0.232. The van der Waals surface area contributed by atoms with Crippen LogP contribution in [-0.4, -0.2) is 28.5 Å². The predicted molar refractivity (Wildman–Crippen MR) is 53.4 cm³/mol. The lowest BCUT2D eigenvalue weighted by Crippen LogP contribution is -2.24. The monoisotopic (exact) mass is 195 g/mol. The molecule has 0 spiro atoms. The first-order valence-corrected chi connectivity index (χ1v) is 4.75. The highest BCUT2D eigenvalue weighted by atomic mass is 19.1. The molecule has 0 fully saturated rings. The summed E-state index contributed by atoms with van der Waals surface area (Å²) in [5, 5.41) is 0. The highest BCUT2D eigenvalue weighted by Gasteiger charge is 2.19. The molecule has 0 saturated carbocycles. The molecule has 14 heavy (non-hydrogen) atoms. The largest absolute Gasteiger partial charge is 0.370 e. The molecule has 0 aromatic heterocycles. The molecule has 76 valence electrons. The van der Waals surface area contributed by atoms with Crippen LogP contribution in [0.25, 0.3) is 5.53 Å². The van der Waals surface area contributed by atoms with Crippen molar-refractivity contribution in [1.29, 1.82) is 0 Å². The molecular weight excluding hydrogens is 181 g/mol. The Balaban J connectivity index is 2.91. The SMILES string of the molecule is CCN(CC)C1=C(F)CC(=[N+]=[N-])C=C1. The molecule has 0 bridgehead atoms. The van der Waals surface area contributed by atoms with Crippen molar-refractivity contribution in [2.45, 2.75) is 20.3 Å². The average Bonchev–Trinajstić information content (AvgIpc) is 2.22. The molecule has 0 aliphatic heterocycles. The highest BCUT2D eigenvalue weighted by Crippen LogP contribution is 2.20. The fraction of sp³-hybridized carbons (Fsp3) is 0.500. The van der Waals surface area contributed by atoms with Gasteiger partial charge in [-0.3, -0.25) is 0 Å². The van der Waals surface area contributed by atoms with E-state index in [2.05, 4.69) is 4.79 Å². The van der Waals surface area contributed by atoms with Crippen molar-refractivity contribution < 1.29 is 9.18 Å². The molecule has 0 radical (unpaired) electrons. The zero-order chi connectivity index (χ0) is 10.6. The first kappa shape index (κ1) is 10.7. The Kier molecular flexibility index (Phi) is 3.60. The summed E-state index contributed by atoms with van der Waals surface area (Å²) in [6.07, 6.45) is 3.37. The van der Waals surface area contributed by atoms with E-state index in [4.69, 9.17) is 5.53 Å². The van der Waals surface area contributed by atoms with Crippen LogP contribution in [0.3, 0.4) is 0 Å². The van der Waals surface area contributed by atoms with E-state index in [1.165, 1.54) is 0 Å². The van der Waals surface area contributed by atoms with Crippen molar-refractivity contribution in [1.82, 2.24) is 4.90 Å². The minimum absolute atomic E-state index is 0.0822. The second-order valence-corrected chi connectivity index (χ2v) is 3.06. The van der Waals surface area contributed by atoms with Crippen LogP contribution in [0.4, 0.5) is 4.39 Å². The second-order valence-electron chi connectivity index (χ2n) is 3.06. The van der Waals surface area contributed by atoms with E-state index in [0.29, 0.717) is 11.4 Å². The van der Waals surface area contributed by atoms with Gasteiger partial charge in [0.2, 0.25) is 0 Å². The molecule has 0 unspecified atom stereocenters. The van der Waals surface area contributed by atoms with E-state index in [-0.39, 0.29) is 12.2 Å². The first-order valence-electron chi connectivity index (χ1n) is 4.75. The van der Waals surface area contributed by atoms with Crippen LogP contribution in [0.15, 0.2) is 23.7 Å². The molecule has 1 aliphatic rings.